The van der Waals surface area contributed by atoms with Gasteiger partial charge in [0, 0.05) is 28.8 Å². The quantitative estimate of drug-likeness (QED) is 0.508. The minimum absolute atomic E-state index is 0.254. The lowest BCUT2D eigenvalue weighted by Gasteiger charge is -2.12. The topological polar surface area (TPSA) is 98.5 Å². The maximum absolute atomic E-state index is 12.2. The second-order valence-corrected chi connectivity index (χ2v) is 6.08. The van der Waals surface area contributed by atoms with Crippen LogP contribution in [-0.2, 0) is 0 Å². The van der Waals surface area contributed by atoms with Crippen LogP contribution in [0.4, 0.5) is 17.4 Å². The lowest BCUT2D eigenvalue weighted by Crippen LogP contribution is -2.11. The molecule has 0 bridgehead atoms. The molecule has 0 aliphatic rings. The second kappa shape index (κ2) is 7.89. The largest absolute Gasteiger partial charge is 0.493 e. The molecule has 0 spiro atoms. The van der Waals surface area contributed by atoms with Gasteiger partial charge in [-0.15, -0.1) is 0 Å². The highest BCUT2D eigenvalue weighted by molar-refractivity contribution is 6.03. The molecule has 0 aliphatic carbocycles. The van der Waals surface area contributed by atoms with Gasteiger partial charge in [0.25, 0.3) is 5.91 Å². The van der Waals surface area contributed by atoms with Gasteiger partial charge in [-0.2, -0.15) is 0 Å². The van der Waals surface area contributed by atoms with Gasteiger partial charge in [-0.1, -0.05) is 0 Å². The van der Waals surface area contributed by atoms with E-state index in [1.54, 1.807) is 56.7 Å². The Morgan fingerprint density at radius 1 is 1.00 bits per heavy atom. The highest BCUT2D eigenvalue weighted by Crippen LogP contribution is 2.34. The van der Waals surface area contributed by atoms with Crippen LogP contribution in [0.1, 0.15) is 10.4 Å². The number of furan rings is 1. The van der Waals surface area contributed by atoms with Crippen LogP contribution in [0.3, 0.4) is 0 Å². The third-order valence-corrected chi connectivity index (χ3v) is 4.31. The van der Waals surface area contributed by atoms with E-state index in [9.17, 15) is 4.79 Å². The van der Waals surface area contributed by atoms with E-state index in [0.717, 1.165) is 16.6 Å². The lowest BCUT2D eigenvalue weighted by atomic mass is 10.1. The van der Waals surface area contributed by atoms with Gasteiger partial charge in [0.1, 0.15) is 12.1 Å². The molecule has 2 N–H and O–H groups in total. The maximum Gasteiger partial charge on any atom is 0.257 e. The van der Waals surface area contributed by atoms with Crippen molar-refractivity contribution in [1.82, 2.24) is 9.97 Å². The van der Waals surface area contributed by atoms with E-state index in [-0.39, 0.29) is 5.91 Å². The zero-order chi connectivity index (χ0) is 20.2. The van der Waals surface area contributed by atoms with Crippen molar-refractivity contribution < 1.29 is 18.7 Å². The fourth-order valence-electron chi connectivity index (χ4n) is 2.86. The summed E-state index contributed by atoms with van der Waals surface area (Å²) in [5.74, 6) is 1.94. The zero-order valence-corrected chi connectivity index (χ0v) is 15.8. The summed E-state index contributed by atoms with van der Waals surface area (Å²) in [5, 5.41) is 6.71. The molecule has 0 unspecified atom stereocenters. The van der Waals surface area contributed by atoms with E-state index in [2.05, 4.69) is 20.6 Å². The number of aromatic nitrogens is 2. The summed E-state index contributed by atoms with van der Waals surface area (Å²) in [4.78, 5) is 20.9. The minimum Gasteiger partial charge on any atom is -0.493 e. The first-order valence-corrected chi connectivity index (χ1v) is 8.76. The fourth-order valence-corrected chi connectivity index (χ4v) is 2.86. The van der Waals surface area contributed by atoms with Crippen molar-refractivity contribution in [3.05, 3.63) is 66.7 Å². The van der Waals surface area contributed by atoms with Crippen LogP contribution in [-0.4, -0.2) is 30.1 Å². The molecule has 0 saturated heterocycles. The van der Waals surface area contributed by atoms with Crippen molar-refractivity contribution in [2.75, 3.05) is 24.9 Å². The first-order valence-electron chi connectivity index (χ1n) is 8.76. The molecule has 0 radical (unpaired) electrons. The van der Waals surface area contributed by atoms with Crippen molar-refractivity contribution in [1.29, 1.82) is 0 Å². The van der Waals surface area contributed by atoms with Crippen molar-refractivity contribution in [3.63, 3.8) is 0 Å². The number of ether oxygens (including phenoxy) is 2. The van der Waals surface area contributed by atoms with E-state index in [1.165, 1.54) is 12.6 Å². The molecule has 4 rings (SSSR count). The number of nitrogens with zero attached hydrogens (tertiary/aromatic N) is 2. The average Bonchev–Trinajstić information content (AvgIpc) is 3.26. The number of nitrogens with one attached hydrogen (secondary N) is 2. The normalized spacial score (nSPS) is 10.6. The van der Waals surface area contributed by atoms with Gasteiger partial charge in [0.15, 0.2) is 17.4 Å². The Kier molecular flexibility index (Phi) is 4.98. The molecule has 0 saturated carbocycles. The van der Waals surface area contributed by atoms with Gasteiger partial charge in [0.05, 0.1) is 26.0 Å². The number of hydrogen-bond acceptors (Lipinski definition) is 7. The van der Waals surface area contributed by atoms with Crippen molar-refractivity contribution in [3.8, 4) is 11.5 Å². The number of amides is 1. The molecule has 1 amide bonds. The standard InChI is InChI=1S/C21H18N4O4/c1-27-17-10-15-16(11-18(17)28-2)22-12-23-20(15)24-14-7-5-13(6-8-14)21(26)25-19-4-3-9-29-19/h3-12H,1-2H3,(H,25,26)(H,22,23,24). The Labute approximate surface area is 166 Å². The Hall–Kier alpha value is -4.07. The second-order valence-electron chi connectivity index (χ2n) is 6.08. The Bertz CT molecular complexity index is 1140. The van der Waals surface area contributed by atoms with Gasteiger partial charge in [-0.3, -0.25) is 10.1 Å². The number of carbonyl (C=O) groups is 1. The molecule has 2 aromatic carbocycles. The Balaban J connectivity index is 1.57. The molecule has 2 aromatic heterocycles. The molecular formula is C21H18N4O4. The number of anilines is 3. The van der Waals surface area contributed by atoms with E-state index < -0.39 is 0 Å². The monoisotopic (exact) mass is 390 g/mol. The number of fused-ring (bicyclic) bond motifs is 1. The summed E-state index contributed by atoms with van der Waals surface area (Å²) in [6, 6.07) is 14.0. The maximum atomic E-state index is 12.2. The van der Waals surface area contributed by atoms with E-state index in [1.807, 2.05) is 6.07 Å². The molecule has 0 aliphatic heterocycles. The predicted molar refractivity (Wildman–Crippen MR) is 109 cm³/mol. The molecule has 8 heteroatoms. The van der Waals surface area contributed by atoms with Crippen LogP contribution in [0.5, 0.6) is 11.5 Å². The summed E-state index contributed by atoms with van der Waals surface area (Å²) in [6.07, 6.45) is 2.97. The highest BCUT2D eigenvalue weighted by Gasteiger charge is 2.12. The van der Waals surface area contributed by atoms with Crippen molar-refractivity contribution >= 4 is 34.2 Å². The average molecular weight is 390 g/mol. The molecule has 2 heterocycles. The van der Waals surface area contributed by atoms with Crippen LogP contribution >= 0.6 is 0 Å². The summed E-state index contributed by atoms with van der Waals surface area (Å²) >= 11 is 0. The summed E-state index contributed by atoms with van der Waals surface area (Å²) in [6.45, 7) is 0. The number of benzene rings is 2. The Morgan fingerprint density at radius 2 is 1.76 bits per heavy atom. The van der Waals surface area contributed by atoms with Crippen LogP contribution in [0, 0.1) is 0 Å². The minimum atomic E-state index is -0.254. The van der Waals surface area contributed by atoms with Crippen molar-refractivity contribution in [2.24, 2.45) is 0 Å². The SMILES string of the molecule is COc1cc2ncnc(Nc3ccc(C(=O)Nc4ccco4)cc3)c2cc1OC. The summed E-state index contributed by atoms with van der Waals surface area (Å²) in [5.41, 5.74) is 2.00. The predicted octanol–water partition coefficient (Wildman–Crippen LogP) is 4.24. The van der Waals surface area contributed by atoms with Crippen LogP contribution in [0.15, 0.2) is 65.5 Å². The van der Waals surface area contributed by atoms with Gasteiger partial charge in [-0.05, 0) is 36.4 Å². The lowest BCUT2D eigenvalue weighted by molar-refractivity contribution is 0.102. The summed E-state index contributed by atoms with van der Waals surface area (Å²) < 4.78 is 15.8. The van der Waals surface area contributed by atoms with Crippen LogP contribution < -0.4 is 20.1 Å². The molecule has 146 valence electrons. The van der Waals surface area contributed by atoms with Crippen LogP contribution in [0.25, 0.3) is 10.9 Å². The number of rotatable bonds is 6. The first-order chi connectivity index (χ1) is 14.2. The number of carbonyl (C=O) groups excluding carboxylic acids is 1. The molecule has 0 atom stereocenters. The number of hydrogen-bond donors (Lipinski definition) is 2. The van der Waals surface area contributed by atoms with Crippen LogP contribution in [0.2, 0.25) is 0 Å². The molecule has 0 fully saturated rings. The first kappa shape index (κ1) is 18.3. The number of methoxy groups -OCH3 is 2. The third-order valence-electron chi connectivity index (χ3n) is 4.31. The smallest absolute Gasteiger partial charge is 0.257 e. The third kappa shape index (κ3) is 3.81. The van der Waals surface area contributed by atoms with Gasteiger partial charge < -0.3 is 19.2 Å². The zero-order valence-electron chi connectivity index (χ0n) is 15.8. The Morgan fingerprint density at radius 3 is 2.45 bits per heavy atom. The van der Waals surface area contributed by atoms with Gasteiger partial charge in [-0.25, -0.2) is 9.97 Å². The summed E-state index contributed by atoms with van der Waals surface area (Å²) in [7, 11) is 3.15. The van der Waals surface area contributed by atoms with E-state index in [4.69, 9.17) is 13.9 Å². The fraction of sp³-hybridized carbons (Fsp3) is 0.0952. The molecule has 8 nitrogen and oxygen atoms in total. The highest BCUT2D eigenvalue weighted by atomic mass is 16.5. The molecule has 29 heavy (non-hydrogen) atoms. The van der Waals surface area contributed by atoms with E-state index >= 15 is 0 Å². The van der Waals surface area contributed by atoms with Gasteiger partial charge >= 0.3 is 0 Å². The molecular weight excluding hydrogens is 372 g/mol. The molecule has 4 aromatic rings. The van der Waals surface area contributed by atoms with Crippen molar-refractivity contribution in [2.45, 2.75) is 0 Å². The van der Waals surface area contributed by atoms with Gasteiger partial charge in [0.2, 0.25) is 0 Å². The van der Waals surface area contributed by atoms with E-state index in [0.29, 0.717) is 28.8 Å².